The van der Waals surface area contributed by atoms with E-state index in [2.05, 4.69) is 140 Å². The Morgan fingerprint density at radius 3 is 1.74 bits per heavy atom. The van der Waals surface area contributed by atoms with Crippen molar-refractivity contribution in [2.24, 2.45) is 0 Å². The number of para-hydroxylation sites is 2. The van der Waals surface area contributed by atoms with E-state index in [1.807, 2.05) is 60.7 Å². The lowest BCUT2D eigenvalue weighted by molar-refractivity contribution is 0.660. The highest BCUT2D eigenvalue weighted by Crippen LogP contribution is 2.52. The minimum atomic E-state index is -0.158. The van der Waals surface area contributed by atoms with Crippen LogP contribution in [-0.4, -0.2) is 15.0 Å². The molecule has 2 heterocycles. The molecule has 0 N–H and O–H groups in total. The standard InChI is InChI=1S/C52H36N4O/c1-52(2)44-28-15-14-25-39(44)40-30-29-37(32-45(40)52)56(36-22-10-5-11-23-36)46-38-24-13-12-21-35(38)31-43-41-26-16-27-42(47(41)57-48(43)46)51-54-49(33-17-6-3-7-18-33)53-50(55-51)34-19-8-4-9-20-34/h3-32H,1-2H3. The summed E-state index contributed by atoms with van der Waals surface area (Å²) in [5.41, 5.74) is 12.3. The second-order valence-electron chi connectivity index (χ2n) is 15.2. The number of anilines is 3. The Hall–Kier alpha value is -7.37. The molecule has 0 atom stereocenters. The van der Waals surface area contributed by atoms with Crippen LogP contribution in [0.4, 0.5) is 17.1 Å². The number of benzene rings is 8. The molecule has 0 amide bonds. The number of hydrogen-bond donors (Lipinski definition) is 0. The predicted octanol–water partition coefficient (Wildman–Crippen LogP) is 13.7. The quantitative estimate of drug-likeness (QED) is 0.170. The smallest absolute Gasteiger partial charge is 0.167 e. The highest BCUT2D eigenvalue weighted by Gasteiger charge is 2.36. The molecule has 8 aromatic carbocycles. The van der Waals surface area contributed by atoms with Crippen LogP contribution in [0.15, 0.2) is 186 Å². The SMILES string of the molecule is CC1(C)c2ccccc2-c2ccc(N(c3ccccc3)c3c4ccccc4cc4c3oc3c(-c5nc(-c6ccccc6)nc(-c6ccccc6)n5)cccc34)cc21. The zero-order chi connectivity index (χ0) is 38.1. The molecule has 1 aliphatic rings. The molecule has 0 aliphatic heterocycles. The van der Waals surface area contributed by atoms with E-state index in [-0.39, 0.29) is 5.41 Å². The van der Waals surface area contributed by atoms with Crippen molar-refractivity contribution in [3.05, 3.63) is 193 Å². The topological polar surface area (TPSA) is 55.1 Å². The molecule has 0 bridgehead atoms. The summed E-state index contributed by atoms with van der Waals surface area (Å²) >= 11 is 0. The van der Waals surface area contributed by atoms with Crippen LogP contribution in [0, 0.1) is 0 Å². The average Bonchev–Trinajstić information content (AvgIpc) is 3.76. The molecule has 11 rings (SSSR count). The fourth-order valence-electron chi connectivity index (χ4n) is 8.72. The van der Waals surface area contributed by atoms with Crippen LogP contribution in [-0.2, 0) is 5.41 Å². The van der Waals surface area contributed by atoms with Gasteiger partial charge in [-0.1, -0.05) is 159 Å². The molecular formula is C52H36N4O. The van der Waals surface area contributed by atoms with E-state index in [4.69, 9.17) is 19.4 Å². The van der Waals surface area contributed by atoms with E-state index in [9.17, 15) is 0 Å². The third-order valence-corrected chi connectivity index (χ3v) is 11.5. The third-order valence-electron chi connectivity index (χ3n) is 11.5. The Bertz CT molecular complexity index is 3100. The van der Waals surface area contributed by atoms with E-state index in [1.165, 1.54) is 22.3 Å². The summed E-state index contributed by atoms with van der Waals surface area (Å²) < 4.78 is 7.23. The Balaban J connectivity index is 1.18. The van der Waals surface area contributed by atoms with Gasteiger partial charge < -0.3 is 9.32 Å². The maximum Gasteiger partial charge on any atom is 0.167 e. The first-order valence-electron chi connectivity index (χ1n) is 19.4. The lowest BCUT2D eigenvalue weighted by atomic mass is 9.82. The summed E-state index contributed by atoms with van der Waals surface area (Å²) in [5.74, 6) is 1.77. The molecule has 5 heteroatoms. The fourth-order valence-corrected chi connectivity index (χ4v) is 8.72. The second-order valence-corrected chi connectivity index (χ2v) is 15.2. The number of hydrogen-bond acceptors (Lipinski definition) is 5. The first-order chi connectivity index (χ1) is 28.0. The highest BCUT2D eigenvalue weighted by molar-refractivity contribution is 6.20. The van der Waals surface area contributed by atoms with Crippen molar-refractivity contribution in [1.82, 2.24) is 15.0 Å². The van der Waals surface area contributed by atoms with E-state index in [1.54, 1.807) is 0 Å². The van der Waals surface area contributed by atoms with Crippen molar-refractivity contribution in [1.29, 1.82) is 0 Å². The van der Waals surface area contributed by atoms with Gasteiger partial charge >= 0.3 is 0 Å². The Kier molecular flexibility index (Phi) is 7.45. The third kappa shape index (κ3) is 5.27. The number of fused-ring (bicyclic) bond motifs is 7. The van der Waals surface area contributed by atoms with Crippen molar-refractivity contribution in [3.8, 4) is 45.3 Å². The lowest BCUT2D eigenvalue weighted by Gasteiger charge is -2.29. The average molecular weight is 733 g/mol. The molecule has 0 unspecified atom stereocenters. The summed E-state index contributed by atoms with van der Waals surface area (Å²) in [5, 5.41) is 4.24. The molecular weight excluding hydrogens is 697 g/mol. The Morgan fingerprint density at radius 2 is 1.00 bits per heavy atom. The molecule has 1 aliphatic carbocycles. The monoisotopic (exact) mass is 732 g/mol. The first-order valence-corrected chi connectivity index (χ1v) is 19.4. The maximum absolute atomic E-state index is 7.23. The van der Waals surface area contributed by atoms with E-state index in [0.29, 0.717) is 17.5 Å². The van der Waals surface area contributed by atoms with Crippen LogP contribution in [0.5, 0.6) is 0 Å². The van der Waals surface area contributed by atoms with Crippen molar-refractivity contribution in [3.63, 3.8) is 0 Å². The predicted molar refractivity (Wildman–Crippen MR) is 233 cm³/mol. The molecule has 0 saturated heterocycles. The normalized spacial score (nSPS) is 12.9. The van der Waals surface area contributed by atoms with Gasteiger partial charge in [0, 0.05) is 44.1 Å². The molecule has 0 spiro atoms. The number of rotatable bonds is 6. The second kappa shape index (κ2) is 12.9. The number of aromatic nitrogens is 3. The van der Waals surface area contributed by atoms with Crippen LogP contribution in [0.2, 0.25) is 0 Å². The van der Waals surface area contributed by atoms with Crippen LogP contribution in [0.1, 0.15) is 25.0 Å². The minimum Gasteiger partial charge on any atom is -0.453 e. The molecule has 5 nitrogen and oxygen atoms in total. The summed E-state index contributed by atoms with van der Waals surface area (Å²) in [7, 11) is 0. The van der Waals surface area contributed by atoms with Crippen LogP contribution < -0.4 is 4.90 Å². The minimum absolute atomic E-state index is 0.158. The zero-order valence-electron chi connectivity index (χ0n) is 31.5. The zero-order valence-corrected chi connectivity index (χ0v) is 31.5. The van der Waals surface area contributed by atoms with Crippen molar-refractivity contribution >= 4 is 49.8 Å². The van der Waals surface area contributed by atoms with Gasteiger partial charge in [-0.05, 0) is 64.0 Å². The fraction of sp³-hybridized carbons (Fsp3) is 0.0577. The van der Waals surface area contributed by atoms with Crippen molar-refractivity contribution < 1.29 is 4.42 Å². The van der Waals surface area contributed by atoms with Crippen LogP contribution in [0.25, 0.3) is 78.0 Å². The molecule has 2 aromatic heterocycles. The van der Waals surface area contributed by atoms with Crippen LogP contribution >= 0.6 is 0 Å². The van der Waals surface area contributed by atoms with Gasteiger partial charge in [-0.25, -0.2) is 15.0 Å². The van der Waals surface area contributed by atoms with Crippen molar-refractivity contribution in [2.75, 3.05) is 4.90 Å². The number of furan rings is 1. The summed E-state index contributed by atoms with van der Waals surface area (Å²) in [6, 6.07) is 63.6. The molecule has 270 valence electrons. The van der Waals surface area contributed by atoms with Gasteiger partial charge in [0.15, 0.2) is 23.1 Å². The van der Waals surface area contributed by atoms with Crippen molar-refractivity contribution in [2.45, 2.75) is 19.3 Å². The van der Waals surface area contributed by atoms with Gasteiger partial charge in [-0.2, -0.15) is 0 Å². The Labute approximate surface area is 330 Å². The summed E-state index contributed by atoms with van der Waals surface area (Å²) in [6.45, 7) is 4.66. The highest BCUT2D eigenvalue weighted by atomic mass is 16.3. The largest absolute Gasteiger partial charge is 0.453 e. The van der Waals surface area contributed by atoms with E-state index in [0.717, 1.165) is 66.5 Å². The molecule has 0 fully saturated rings. The molecule has 10 aromatic rings. The summed E-state index contributed by atoms with van der Waals surface area (Å²) in [4.78, 5) is 17.5. The maximum atomic E-state index is 7.23. The van der Waals surface area contributed by atoms with Gasteiger partial charge in [-0.15, -0.1) is 0 Å². The molecule has 57 heavy (non-hydrogen) atoms. The van der Waals surface area contributed by atoms with E-state index < -0.39 is 0 Å². The van der Waals surface area contributed by atoms with Gasteiger partial charge in [0.05, 0.1) is 11.3 Å². The van der Waals surface area contributed by atoms with Gasteiger partial charge in [0.2, 0.25) is 0 Å². The van der Waals surface area contributed by atoms with Gasteiger partial charge in [0.1, 0.15) is 5.58 Å². The molecule has 0 saturated carbocycles. The van der Waals surface area contributed by atoms with Crippen LogP contribution in [0.3, 0.4) is 0 Å². The lowest BCUT2D eigenvalue weighted by Crippen LogP contribution is -2.16. The molecule has 0 radical (unpaired) electrons. The number of nitrogens with zero attached hydrogens (tertiary/aromatic N) is 4. The van der Waals surface area contributed by atoms with Gasteiger partial charge in [0.25, 0.3) is 0 Å². The van der Waals surface area contributed by atoms with Gasteiger partial charge in [-0.3, -0.25) is 0 Å². The first kappa shape index (κ1) is 33.0. The Morgan fingerprint density at radius 1 is 0.421 bits per heavy atom. The van der Waals surface area contributed by atoms with E-state index >= 15 is 0 Å². The summed E-state index contributed by atoms with van der Waals surface area (Å²) in [6.07, 6.45) is 0.